The predicted molar refractivity (Wildman–Crippen MR) is 108 cm³/mol. The fraction of sp³-hybridized carbons (Fsp3) is 0.318. The second kappa shape index (κ2) is 8.69. The number of hydrogen-bond donors (Lipinski definition) is 1. The molecule has 146 valence electrons. The van der Waals surface area contributed by atoms with E-state index in [1.165, 1.54) is 4.57 Å². The van der Waals surface area contributed by atoms with Crippen LogP contribution in [0.25, 0.3) is 11.4 Å². The van der Waals surface area contributed by atoms with Crippen molar-refractivity contribution in [3.8, 4) is 11.4 Å². The SMILES string of the molecule is Cc1ccccc1-c1noc(=O)n1CC(=O)NC(CC(C)C)c1ccccc1. The van der Waals surface area contributed by atoms with E-state index in [0.717, 1.165) is 23.1 Å². The van der Waals surface area contributed by atoms with Crippen LogP contribution in [0.1, 0.15) is 37.4 Å². The lowest BCUT2D eigenvalue weighted by atomic mass is 9.97. The minimum absolute atomic E-state index is 0.119. The summed E-state index contributed by atoms with van der Waals surface area (Å²) in [5.74, 6) is -0.132. The largest absolute Gasteiger partial charge is 0.442 e. The summed E-state index contributed by atoms with van der Waals surface area (Å²) < 4.78 is 6.11. The Morgan fingerprint density at radius 1 is 1.11 bits per heavy atom. The maximum Gasteiger partial charge on any atom is 0.442 e. The third-order valence-electron chi connectivity index (χ3n) is 4.62. The minimum atomic E-state index is -0.645. The summed E-state index contributed by atoms with van der Waals surface area (Å²) >= 11 is 0. The summed E-state index contributed by atoms with van der Waals surface area (Å²) in [7, 11) is 0. The van der Waals surface area contributed by atoms with Gasteiger partial charge in [-0.15, -0.1) is 0 Å². The average Bonchev–Trinajstić information content (AvgIpc) is 3.02. The molecular formula is C22H25N3O3. The van der Waals surface area contributed by atoms with Gasteiger partial charge in [-0.3, -0.25) is 9.32 Å². The van der Waals surface area contributed by atoms with Crippen LogP contribution in [0.3, 0.4) is 0 Å². The molecule has 1 N–H and O–H groups in total. The Bertz CT molecular complexity index is 990. The van der Waals surface area contributed by atoms with Gasteiger partial charge in [0.05, 0.1) is 6.04 Å². The molecule has 1 aromatic heterocycles. The van der Waals surface area contributed by atoms with E-state index in [9.17, 15) is 9.59 Å². The fourth-order valence-electron chi connectivity index (χ4n) is 3.24. The highest BCUT2D eigenvalue weighted by atomic mass is 16.5. The van der Waals surface area contributed by atoms with Crippen molar-refractivity contribution < 1.29 is 9.32 Å². The molecule has 1 heterocycles. The van der Waals surface area contributed by atoms with Gasteiger partial charge >= 0.3 is 5.76 Å². The van der Waals surface area contributed by atoms with Crippen LogP contribution < -0.4 is 11.1 Å². The number of benzene rings is 2. The first-order chi connectivity index (χ1) is 13.5. The zero-order chi connectivity index (χ0) is 20.1. The van der Waals surface area contributed by atoms with Crippen LogP contribution in [-0.4, -0.2) is 15.6 Å². The van der Waals surface area contributed by atoms with Crippen molar-refractivity contribution in [2.45, 2.75) is 39.8 Å². The van der Waals surface area contributed by atoms with Crippen molar-refractivity contribution in [3.63, 3.8) is 0 Å². The first-order valence-corrected chi connectivity index (χ1v) is 9.42. The van der Waals surface area contributed by atoms with Gasteiger partial charge in [0, 0.05) is 5.56 Å². The van der Waals surface area contributed by atoms with Gasteiger partial charge < -0.3 is 5.32 Å². The molecule has 6 nitrogen and oxygen atoms in total. The highest BCUT2D eigenvalue weighted by molar-refractivity contribution is 5.77. The fourth-order valence-corrected chi connectivity index (χ4v) is 3.24. The molecule has 0 spiro atoms. The Hall–Kier alpha value is -3.15. The average molecular weight is 379 g/mol. The summed E-state index contributed by atoms with van der Waals surface area (Å²) in [6.45, 7) is 6.01. The third kappa shape index (κ3) is 4.57. The highest BCUT2D eigenvalue weighted by Crippen LogP contribution is 2.22. The predicted octanol–water partition coefficient (Wildman–Crippen LogP) is 3.72. The van der Waals surface area contributed by atoms with Gasteiger partial charge in [-0.1, -0.05) is 73.6 Å². The number of amides is 1. The molecule has 0 saturated heterocycles. The Labute approximate surface area is 164 Å². The summed E-state index contributed by atoms with van der Waals surface area (Å²) in [6, 6.07) is 17.3. The number of nitrogens with zero attached hydrogens (tertiary/aromatic N) is 2. The third-order valence-corrected chi connectivity index (χ3v) is 4.62. The van der Waals surface area contributed by atoms with Crippen LogP contribution in [-0.2, 0) is 11.3 Å². The van der Waals surface area contributed by atoms with E-state index >= 15 is 0 Å². The second-order valence-corrected chi connectivity index (χ2v) is 7.33. The number of hydrogen-bond acceptors (Lipinski definition) is 4. The molecular weight excluding hydrogens is 354 g/mol. The zero-order valence-electron chi connectivity index (χ0n) is 16.4. The van der Waals surface area contributed by atoms with Gasteiger partial charge in [0.15, 0.2) is 5.82 Å². The van der Waals surface area contributed by atoms with Crippen molar-refractivity contribution in [2.75, 3.05) is 0 Å². The number of carbonyl (C=O) groups excluding carboxylic acids is 1. The molecule has 2 aromatic carbocycles. The van der Waals surface area contributed by atoms with Gasteiger partial charge in [-0.25, -0.2) is 9.36 Å². The second-order valence-electron chi connectivity index (χ2n) is 7.33. The van der Waals surface area contributed by atoms with Crippen molar-refractivity contribution in [1.82, 2.24) is 15.0 Å². The van der Waals surface area contributed by atoms with Crippen LogP contribution in [0.15, 0.2) is 63.9 Å². The quantitative estimate of drug-likeness (QED) is 0.679. The van der Waals surface area contributed by atoms with Gasteiger partial charge in [-0.05, 0) is 30.4 Å². The van der Waals surface area contributed by atoms with Gasteiger partial charge in [-0.2, -0.15) is 0 Å². The zero-order valence-corrected chi connectivity index (χ0v) is 16.4. The molecule has 0 saturated carbocycles. The normalized spacial score (nSPS) is 12.1. The maximum atomic E-state index is 12.8. The van der Waals surface area contributed by atoms with Crippen LogP contribution in [0, 0.1) is 12.8 Å². The molecule has 3 rings (SSSR count). The molecule has 0 radical (unpaired) electrons. The topological polar surface area (TPSA) is 77.1 Å². The van der Waals surface area contributed by atoms with E-state index in [2.05, 4.69) is 24.3 Å². The van der Waals surface area contributed by atoms with Gasteiger partial charge in [0.1, 0.15) is 6.54 Å². The van der Waals surface area contributed by atoms with Crippen molar-refractivity contribution in [1.29, 1.82) is 0 Å². The highest BCUT2D eigenvalue weighted by Gasteiger charge is 2.20. The van der Waals surface area contributed by atoms with E-state index in [4.69, 9.17) is 4.52 Å². The molecule has 3 aromatic rings. The number of aryl methyl sites for hydroxylation is 1. The lowest BCUT2D eigenvalue weighted by Gasteiger charge is -2.21. The van der Waals surface area contributed by atoms with E-state index in [1.807, 2.05) is 61.5 Å². The van der Waals surface area contributed by atoms with Crippen LogP contribution in [0.4, 0.5) is 0 Å². The Balaban J connectivity index is 1.82. The van der Waals surface area contributed by atoms with E-state index in [0.29, 0.717) is 11.7 Å². The van der Waals surface area contributed by atoms with E-state index in [1.54, 1.807) is 0 Å². The van der Waals surface area contributed by atoms with Gasteiger partial charge in [0.25, 0.3) is 0 Å². The van der Waals surface area contributed by atoms with Crippen LogP contribution in [0.5, 0.6) is 0 Å². The van der Waals surface area contributed by atoms with Crippen molar-refractivity contribution >= 4 is 5.91 Å². The molecule has 0 aliphatic carbocycles. The molecule has 1 atom stereocenters. The van der Waals surface area contributed by atoms with E-state index in [-0.39, 0.29) is 18.5 Å². The standard InChI is InChI=1S/C22H25N3O3/c1-15(2)13-19(17-10-5-4-6-11-17)23-20(26)14-25-21(24-28-22(25)27)18-12-8-7-9-16(18)3/h4-12,15,19H,13-14H2,1-3H3,(H,23,26). The Morgan fingerprint density at radius 2 is 1.79 bits per heavy atom. The van der Waals surface area contributed by atoms with Crippen LogP contribution >= 0.6 is 0 Å². The molecule has 0 bridgehead atoms. The van der Waals surface area contributed by atoms with Crippen molar-refractivity contribution in [3.05, 3.63) is 76.3 Å². The molecule has 28 heavy (non-hydrogen) atoms. The lowest BCUT2D eigenvalue weighted by molar-refractivity contribution is -0.122. The molecule has 0 fully saturated rings. The number of nitrogens with one attached hydrogen (secondary N) is 1. The first-order valence-electron chi connectivity index (χ1n) is 9.42. The lowest BCUT2D eigenvalue weighted by Crippen LogP contribution is -2.34. The number of carbonyl (C=O) groups is 1. The monoisotopic (exact) mass is 379 g/mol. The molecule has 1 amide bonds. The minimum Gasteiger partial charge on any atom is -0.348 e. The van der Waals surface area contributed by atoms with Gasteiger partial charge in [0.2, 0.25) is 5.91 Å². The smallest absolute Gasteiger partial charge is 0.348 e. The number of aromatic nitrogens is 2. The Kier molecular flexibility index (Phi) is 6.09. The molecule has 6 heteroatoms. The summed E-state index contributed by atoms with van der Waals surface area (Å²) in [4.78, 5) is 24.9. The summed E-state index contributed by atoms with van der Waals surface area (Å²) in [5.41, 5.74) is 2.76. The summed E-state index contributed by atoms with van der Waals surface area (Å²) in [6.07, 6.45) is 0.805. The Morgan fingerprint density at radius 3 is 2.46 bits per heavy atom. The maximum absolute atomic E-state index is 12.8. The molecule has 0 aliphatic rings. The molecule has 1 unspecified atom stereocenters. The summed E-state index contributed by atoms with van der Waals surface area (Å²) in [5, 5.41) is 6.94. The van der Waals surface area contributed by atoms with E-state index < -0.39 is 5.76 Å². The molecule has 0 aliphatic heterocycles. The van der Waals surface area contributed by atoms with Crippen molar-refractivity contribution in [2.24, 2.45) is 5.92 Å². The number of rotatable bonds is 7. The van der Waals surface area contributed by atoms with Crippen LogP contribution in [0.2, 0.25) is 0 Å². The first kappa shape index (κ1) is 19.6.